The van der Waals surface area contributed by atoms with Crippen molar-refractivity contribution in [2.45, 2.75) is 38.1 Å². The lowest BCUT2D eigenvalue weighted by atomic mass is 9.72. The van der Waals surface area contributed by atoms with Gasteiger partial charge in [-0.15, -0.1) is 0 Å². The molecule has 1 aromatic heterocycles. The van der Waals surface area contributed by atoms with Crippen molar-refractivity contribution in [1.29, 1.82) is 0 Å². The predicted molar refractivity (Wildman–Crippen MR) is 110 cm³/mol. The number of hydrogen-bond donors (Lipinski definition) is 1. The van der Waals surface area contributed by atoms with E-state index in [4.69, 9.17) is 0 Å². The van der Waals surface area contributed by atoms with E-state index in [2.05, 4.69) is 43.3 Å². The van der Waals surface area contributed by atoms with Crippen molar-refractivity contribution in [3.63, 3.8) is 0 Å². The van der Waals surface area contributed by atoms with E-state index in [0.717, 1.165) is 44.1 Å². The Labute approximate surface area is 165 Å². The Hall–Kier alpha value is -0.660. The van der Waals surface area contributed by atoms with E-state index in [-0.39, 0.29) is 0 Å². The van der Waals surface area contributed by atoms with E-state index >= 15 is 0 Å². The molecular weight excluding hydrogens is 364 g/mol. The summed E-state index contributed by atoms with van der Waals surface area (Å²) in [6.45, 7) is 4.22. The van der Waals surface area contributed by atoms with Crippen molar-refractivity contribution < 1.29 is 4.79 Å². The van der Waals surface area contributed by atoms with Gasteiger partial charge < -0.3 is 9.88 Å². The van der Waals surface area contributed by atoms with Gasteiger partial charge >= 0.3 is 0 Å². The van der Waals surface area contributed by atoms with Gasteiger partial charge in [0.1, 0.15) is 0 Å². The minimum atomic E-state index is 0.342. The molecule has 0 radical (unpaired) electrons. The van der Waals surface area contributed by atoms with Gasteiger partial charge in [-0.05, 0) is 37.8 Å². The average Bonchev–Trinajstić information content (AvgIpc) is 3.04. The predicted octanol–water partition coefficient (Wildman–Crippen LogP) is 2.51. The zero-order valence-electron chi connectivity index (χ0n) is 15.5. The van der Waals surface area contributed by atoms with Gasteiger partial charge in [0, 0.05) is 66.9 Å². The minimum absolute atomic E-state index is 0.342. The van der Waals surface area contributed by atoms with Crippen LogP contribution in [-0.4, -0.2) is 80.9 Å². The van der Waals surface area contributed by atoms with Gasteiger partial charge in [-0.3, -0.25) is 9.69 Å². The summed E-state index contributed by atoms with van der Waals surface area (Å²) in [7, 11) is 0. The van der Waals surface area contributed by atoms with E-state index in [1.807, 2.05) is 6.20 Å². The van der Waals surface area contributed by atoms with Crippen molar-refractivity contribution in [3.8, 4) is 0 Å². The third-order valence-corrected chi connectivity index (χ3v) is 8.81. The molecule has 1 spiro atoms. The van der Waals surface area contributed by atoms with Crippen LogP contribution in [0.15, 0.2) is 12.5 Å². The van der Waals surface area contributed by atoms with Crippen LogP contribution in [0, 0.1) is 5.41 Å². The molecule has 5 nitrogen and oxygen atoms in total. The molecule has 1 amide bonds. The summed E-state index contributed by atoms with van der Waals surface area (Å²) >= 11 is 4.25. The van der Waals surface area contributed by atoms with Crippen molar-refractivity contribution in [3.05, 3.63) is 18.2 Å². The maximum Gasteiger partial charge on any atom is 0.222 e. The molecular formula is C19H30N4OS2. The molecule has 0 atom stereocenters. The molecule has 3 aliphatic heterocycles. The number of imidazole rings is 1. The molecule has 3 saturated heterocycles. The van der Waals surface area contributed by atoms with E-state index in [9.17, 15) is 4.79 Å². The molecule has 1 N–H and O–H groups in total. The van der Waals surface area contributed by atoms with Gasteiger partial charge in [0.25, 0.3) is 0 Å². The Kier molecular flexibility index (Phi) is 6.16. The van der Waals surface area contributed by atoms with E-state index in [1.54, 1.807) is 6.33 Å². The number of hydrogen-bond acceptors (Lipinski definition) is 5. The Morgan fingerprint density at radius 3 is 2.65 bits per heavy atom. The minimum Gasteiger partial charge on any atom is -0.348 e. The van der Waals surface area contributed by atoms with Crippen LogP contribution in [0.5, 0.6) is 0 Å². The van der Waals surface area contributed by atoms with Crippen LogP contribution in [-0.2, 0) is 11.2 Å². The highest BCUT2D eigenvalue weighted by molar-refractivity contribution is 8.03. The zero-order valence-corrected chi connectivity index (χ0v) is 17.1. The van der Waals surface area contributed by atoms with Gasteiger partial charge in [-0.2, -0.15) is 23.5 Å². The fourth-order valence-electron chi connectivity index (χ4n) is 4.57. The van der Waals surface area contributed by atoms with Gasteiger partial charge in [0.2, 0.25) is 5.91 Å². The summed E-state index contributed by atoms with van der Waals surface area (Å²) in [6, 6.07) is 0.756. The van der Waals surface area contributed by atoms with Crippen molar-refractivity contribution in [2.24, 2.45) is 5.41 Å². The molecule has 0 saturated carbocycles. The molecule has 3 fully saturated rings. The lowest BCUT2D eigenvalue weighted by molar-refractivity contribution is -0.139. The van der Waals surface area contributed by atoms with Crippen molar-refractivity contribution >= 4 is 29.4 Å². The maximum atomic E-state index is 12.4. The Morgan fingerprint density at radius 2 is 1.96 bits per heavy atom. The summed E-state index contributed by atoms with van der Waals surface area (Å²) in [5.74, 6) is 5.57. The number of rotatable bonds is 4. The second kappa shape index (κ2) is 8.57. The number of aromatic amines is 1. The van der Waals surface area contributed by atoms with Gasteiger partial charge in [0.15, 0.2) is 0 Å². The first-order chi connectivity index (χ1) is 12.7. The lowest BCUT2D eigenvalue weighted by Crippen LogP contribution is -2.54. The molecule has 4 rings (SSSR count). The first-order valence-electron chi connectivity index (χ1n) is 9.89. The molecule has 0 bridgehead atoms. The van der Waals surface area contributed by atoms with Gasteiger partial charge in [-0.1, -0.05) is 0 Å². The highest BCUT2D eigenvalue weighted by atomic mass is 32.2. The van der Waals surface area contributed by atoms with Gasteiger partial charge in [0.05, 0.1) is 6.33 Å². The fourth-order valence-corrected chi connectivity index (χ4v) is 7.20. The van der Waals surface area contributed by atoms with E-state index in [0.29, 0.717) is 11.3 Å². The number of carbonyl (C=O) groups excluding carboxylic acids is 1. The number of nitrogens with zero attached hydrogens (tertiary/aromatic N) is 3. The summed E-state index contributed by atoms with van der Waals surface area (Å²) in [4.78, 5) is 24.5. The molecule has 1 aromatic rings. The van der Waals surface area contributed by atoms with Crippen LogP contribution in [0.4, 0.5) is 0 Å². The summed E-state index contributed by atoms with van der Waals surface area (Å²) in [6.07, 6.45) is 8.80. The Bertz CT molecular complexity index is 578. The molecule has 0 aliphatic carbocycles. The number of thioether (sulfide) groups is 2. The Balaban J connectivity index is 1.31. The third kappa shape index (κ3) is 4.42. The number of H-pyrrole nitrogens is 1. The third-order valence-electron chi connectivity index (χ3n) is 6.32. The standard InChI is InChI=1S/C19H30N4OS2/c24-18-1-3-19(14-23(18)6-2-16-11-20-15-21-16)4-7-22(8-5-19)17-12-25-9-10-26-13-17/h11,15,17H,1-10,12-14H2,(H,20,21). The van der Waals surface area contributed by atoms with Crippen molar-refractivity contribution in [2.75, 3.05) is 49.2 Å². The van der Waals surface area contributed by atoms with Crippen LogP contribution in [0.25, 0.3) is 0 Å². The SMILES string of the molecule is O=C1CCC2(CCN(C3CSCCSC3)CC2)CN1CCc1cnc[nH]1. The van der Waals surface area contributed by atoms with Crippen LogP contribution in [0.1, 0.15) is 31.4 Å². The second-order valence-electron chi connectivity index (χ2n) is 7.98. The molecule has 7 heteroatoms. The Morgan fingerprint density at radius 1 is 1.19 bits per heavy atom. The molecule has 4 heterocycles. The fraction of sp³-hybridized carbons (Fsp3) is 0.789. The number of nitrogens with one attached hydrogen (secondary N) is 1. The van der Waals surface area contributed by atoms with Crippen LogP contribution in [0.3, 0.4) is 0 Å². The molecule has 0 aromatic carbocycles. The van der Waals surface area contributed by atoms with Crippen LogP contribution in [0.2, 0.25) is 0 Å². The quantitative estimate of drug-likeness (QED) is 0.850. The number of carbonyl (C=O) groups is 1. The largest absolute Gasteiger partial charge is 0.348 e. The van der Waals surface area contributed by atoms with E-state index in [1.165, 1.54) is 48.9 Å². The van der Waals surface area contributed by atoms with Crippen LogP contribution >= 0.6 is 23.5 Å². The maximum absolute atomic E-state index is 12.4. The molecule has 3 aliphatic rings. The number of amides is 1. The first kappa shape index (κ1) is 18.7. The summed E-state index contributed by atoms with van der Waals surface area (Å²) in [5.41, 5.74) is 1.49. The number of aromatic nitrogens is 2. The highest BCUT2D eigenvalue weighted by Gasteiger charge is 2.41. The molecule has 0 unspecified atom stereocenters. The first-order valence-corrected chi connectivity index (χ1v) is 12.2. The van der Waals surface area contributed by atoms with Crippen molar-refractivity contribution in [1.82, 2.24) is 19.8 Å². The average molecular weight is 395 g/mol. The number of piperidine rings is 2. The van der Waals surface area contributed by atoms with Crippen LogP contribution < -0.4 is 0 Å². The lowest BCUT2D eigenvalue weighted by Gasteiger charge is -2.49. The zero-order chi connectivity index (χ0) is 17.8. The molecule has 144 valence electrons. The topological polar surface area (TPSA) is 52.2 Å². The van der Waals surface area contributed by atoms with Gasteiger partial charge in [-0.25, -0.2) is 4.98 Å². The normalized spacial score (nSPS) is 25.5. The second-order valence-corrected chi connectivity index (χ2v) is 10.3. The monoisotopic (exact) mass is 394 g/mol. The summed E-state index contributed by atoms with van der Waals surface area (Å²) in [5, 5.41) is 0. The molecule has 26 heavy (non-hydrogen) atoms. The summed E-state index contributed by atoms with van der Waals surface area (Å²) < 4.78 is 0. The van der Waals surface area contributed by atoms with E-state index < -0.39 is 0 Å². The highest BCUT2D eigenvalue weighted by Crippen LogP contribution is 2.41. The number of likely N-dealkylation sites (tertiary alicyclic amines) is 2. The smallest absolute Gasteiger partial charge is 0.222 e.